The Kier molecular flexibility index (Phi) is 1.66. The average Bonchev–Trinajstić information content (AvgIpc) is 2.78. The number of nitrogens with zero attached hydrogens (tertiary/aromatic N) is 4. The number of H-pyrrole nitrogens is 1. The molecule has 0 atom stereocenters. The van der Waals surface area contributed by atoms with Crippen molar-refractivity contribution in [3.05, 3.63) is 17.7 Å². The molecule has 6 heteroatoms. The van der Waals surface area contributed by atoms with E-state index in [0.29, 0.717) is 23.0 Å². The van der Waals surface area contributed by atoms with Gasteiger partial charge in [0.25, 0.3) is 5.89 Å². The zero-order valence-corrected chi connectivity index (χ0v) is 8.69. The molecular formula is C10H9N5O. The van der Waals surface area contributed by atoms with Crippen LogP contribution in [0, 0.1) is 11.3 Å². The van der Waals surface area contributed by atoms with Crippen LogP contribution in [0.25, 0.3) is 11.5 Å². The lowest BCUT2D eigenvalue weighted by Gasteiger charge is -1.96. The Morgan fingerprint density at radius 3 is 3.06 bits per heavy atom. The van der Waals surface area contributed by atoms with Crippen LogP contribution in [-0.2, 0) is 5.41 Å². The van der Waals surface area contributed by atoms with Crippen LogP contribution in [0.2, 0.25) is 0 Å². The van der Waals surface area contributed by atoms with Crippen LogP contribution >= 0.6 is 0 Å². The molecule has 3 rings (SSSR count). The van der Waals surface area contributed by atoms with Gasteiger partial charge in [-0.1, -0.05) is 12.1 Å². The molecule has 1 aliphatic carbocycles. The lowest BCUT2D eigenvalue weighted by Crippen LogP contribution is -2.01. The van der Waals surface area contributed by atoms with E-state index >= 15 is 0 Å². The number of rotatable bonds is 2. The zero-order valence-electron chi connectivity index (χ0n) is 8.69. The van der Waals surface area contributed by atoms with Gasteiger partial charge in [0.05, 0.1) is 11.8 Å². The molecule has 0 aromatic carbocycles. The highest BCUT2D eigenvalue weighted by atomic mass is 16.5. The average molecular weight is 215 g/mol. The fourth-order valence-corrected chi connectivity index (χ4v) is 1.52. The van der Waals surface area contributed by atoms with E-state index in [1.54, 1.807) is 0 Å². The molecule has 2 aromatic rings. The molecule has 80 valence electrons. The van der Waals surface area contributed by atoms with Gasteiger partial charge in [-0.3, -0.25) is 5.10 Å². The Bertz CT molecular complexity index is 572. The molecular weight excluding hydrogens is 206 g/mol. The first kappa shape index (κ1) is 9.09. The second-order valence-electron chi connectivity index (χ2n) is 4.25. The molecule has 0 bridgehead atoms. The van der Waals surface area contributed by atoms with E-state index in [2.05, 4.69) is 27.3 Å². The maximum Gasteiger partial charge on any atom is 0.262 e. The van der Waals surface area contributed by atoms with Crippen LogP contribution in [0.15, 0.2) is 10.7 Å². The van der Waals surface area contributed by atoms with Gasteiger partial charge in [-0.15, -0.1) is 0 Å². The predicted molar refractivity (Wildman–Crippen MR) is 53.2 cm³/mol. The number of hydrogen-bond acceptors (Lipinski definition) is 5. The standard InChI is InChI=1S/C10H9N5O/c1-10(2-3-10)9-13-8(16-15-9)6-5-12-14-7(6)4-11/h5H,2-3H2,1H3,(H,12,14). The van der Waals surface area contributed by atoms with Crippen molar-refractivity contribution in [2.24, 2.45) is 0 Å². The quantitative estimate of drug-likeness (QED) is 0.817. The van der Waals surface area contributed by atoms with E-state index < -0.39 is 0 Å². The highest BCUT2D eigenvalue weighted by Gasteiger charge is 2.43. The Balaban J connectivity index is 2.02. The summed E-state index contributed by atoms with van der Waals surface area (Å²) in [7, 11) is 0. The van der Waals surface area contributed by atoms with E-state index in [-0.39, 0.29) is 5.41 Å². The summed E-state index contributed by atoms with van der Waals surface area (Å²) in [5.74, 6) is 1.07. The molecule has 1 saturated carbocycles. The van der Waals surface area contributed by atoms with Crippen molar-refractivity contribution in [1.29, 1.82) is 5.26 Å². The molecule has 0 radical (unpaired) electrons. The predicted octanol–water partition coefficient (Wildman–Crippen LogP) is 1.38. The lowest BCUT2D eigenvalue weighted by molar-refractivity contribution is 0.416. The summed E-state index contributed by atoms with van der Waals surface area (Å²) in [4.78, 5) is 4.31. The SMILES string of the molecule is CC1(c2noc(-c3cn[nH]c3C#N)n2)CC1. The van der Waals surface area contributed by atoms with E-state index in [1.807, 2.05) is 6.07 Å². The summed E-state index contributed by atoms with van der Waals surface area (Å²) in [5, 5.41) is 19.1. The molecule has 1 aliphatic rings. The van der Waals surface area contributed by atoms with Crippen molar-refractivity contribution in [2.45, 2.75) is 25.2 Å². The van der Waals surface area contributed by atoms with Gasteiger partial charge in [0, 0.05) is 5.41 Å². The van der Waals surface area contributed by atoms with Crippen LogP contribution in [0.4, 0.5) is 0 Å². The van der Waals surface area contributed by atoms with Crippen molar-refractivity contribution in [3.63, 3.8) is 0 Å². The molecule has 0 unspecified atom stereocenters. The van der Waals surface area contributed by atoms with E-state index in [9.17, 15) is 0 Å². The molecule has 2 heterocycles. The van der Waals surface area contributed by atoms with Gasteiger partial charge in [-0.25, -0.2) is 0 Å². The van der Waals surface area contributed by atoms with Crippen molar-refractivity contribution in [2.75, 3.05) is 0 Å². The Morgan fingerprint density at radius 1 is 1.56 bits per heavy atom. The molecule has 0 saturated heterocycles. The van der Waals surface area contributed by atoms with Gasteiger partial charge in [0.2, 0.25) is 0 Å². The van der Waals surface area contributed by atoms with Gasteiger partial charge in [-0.2, -0.15) is 15.3 Å². The summed E-state index contributed by atoms with van der Waals surface area (Å²) in [6, 6.07) is 1.99. The molecule has 0 amide bonds. The largest absolute Gasteiger partial charge is 0.334 e. The maximum absolute atomic E-state index is 8.84. The fourth-order valence-electron chi connectivity index (χ4n) is 1.52. The first-order chi connectivity index (χ1) is 7.73. The molecule has 6 nitrogen and oxygen atoms in total. The monoisotopic (exact) mass is 215 g/mol. The van der Waals surface area contributed by atoms with E-state index in [4.69, 9.17) is 9.78 Å². The minimum absolute atomic E-state index is 0.0678. The first-order valence-electron chi connectivity index (χ1n) is 5.01. The van der Waals surface area contributed by atoms with Crippen LogP contribution in [0.5, 0.6) is 0 Å². The third kappa shape index (κ3) is 1.21. The summed E-state index contributed by atoms with van der Waals surface area (Å²) >= 11 is 0. The Labute approximate surface area is 91.3 Å². The van der Waals surface area contributed by atoms with Gasteiger partial charge in [0.15, 0.2) is 5.82 Å². The van der Waals surface area contributed by atoms with E-state index in [0.717, 1.165) is 12.8 Å². The Morgan fingerprint density at radius 2 is 2.38 bits per heavy atom. The summed E-state index contributed by atoms with van der Waals surface area (Å²) in [6.45, 7) is 2.10. The fraction of sp³-hybridized carbons (Fsp3) is 0.400. The third-order valence-corrected chi connectivity index (χ3v) is 2.95. The van der Waals surface area contributed by atoms with Crippen LogP contribution in [0.3, 0.4) is 0 Å². The highest BCUT2D eigenvalue weighted by molar-refractivity contribution is 5.59. The maximum atomic E-state index is 8.84. The third-order valence-electron chi connectivity index (χ3n) is 2.95. The lowest BCUT2D eigenvalue weighted by atomic mass is 10.1. The molecule has 0 spiro atoms. The summed E-state index contributed by atoms with van der Waals surface area (Å²) in [6.07, 6.45) is 3.69. The highest BCUT2D eigenvalue weighted by Crippen LogP contribution is 2.46. The normalized spacial score (nSPS) is 17.0. The van der Waals surface area contributed by atoms with Crippen LogP contribution in [-0.4, -0.2) is 20.3 Å². The number of nitrogens with one attached hydrogen (secondary N) is 1. The second-order valence-corrected chi connectivity index (χ2v) is 4.25. The van der Waals surface area contributed by atoms with Crippen molar-refractivity contribution >= 4 is 0 Å². The number of aromatic amines is 1. The molecule has 1 fully saturated rings. The van der Waals surface area contributed by atoms with Gasteiger partial charge in [0.1, 0.15) is 11.8 Å². The summed E-state index contributed by atoms with van der Waals surface area (Å²) in [5.41, 5.74) is 0.972. The van der Waals surface area contributed by atoms with Gasteiger partial charge < -0.3 is 4.52 Å². The van der Waals surface area contributed by atoms with Crippen molar-refractivity contribution in [3.8, 4) is 17.5 Å². The smallest absolute Gasteiger partial charge is 0.262 e. The first-order valence-corrected chi connectivity index (χ1v) is 5.01. The Hall–Kier alpha value is -2.16. The molecule has 2 aromatic heterocycles. The summed E-state index contributed by atoms with van der Waals surface area (Å²) < 4.78 is 5.15. The molecule has 16 heavy (non-hydrogen) atoms. The van der Waals surface area contributed by atoms with Gasteiger partial charge >= 0.3 is 0 Å². The number of aromatic nitrogens is 4. The minimum atomic E-state index is 0.0678. The van der Waals surface area contributed by atoms with Crippen LogP contribution in [0.1, 0.15) is 31.3 Å². The number of nitriles is 1. The zero-order chi connectivity index (χ0) is 11.2. The van der Waals surface area contributed by atoms with Crippen molar-refractivity contribution in [1.82, 2.24) is 20.3 Å². The van der Waals surface area contributed by atoms with Gasteiger partial charge in [-0.05, 0) is 12.8 Å². The number of hydrogen-bond donors (Lipinski definition) is 1. The van der Waals surface area contributed by atoms with Crippen molar-refractivity contribution < 1.29 is 4.52 Å². The molecule has 0 aliphatic heterocycles. The van der Waals surface area contributed by atoms with E-state index in [1.165, 1.54) is 6.20 Å². The topological polar surface area (TPSA) is 91.4 Å². The minimum Gasteiger partial charge on any atom is -0.334 e. The van der Waals surface area contributed by atoms with Crippen LogP contribution < -0.4 is 0 Å². The molecule has 1 N–H and O–H groups in total. The second kappa shape index (κ2) is 2.92.